The molecule has 21 heavy (non-hydrogen) atoms. The highest BCUT2D eigenvalue weighted by molar-refractivity contribution is 7.89. The summed E-state index contributed by atoms with van der Waals surface area (Å²) in [5.41, 5.74) is 1.62. The van der Waals surface area contributed by atoms with Gasteiger partial charge in [-0.25, -0.2) is 13.1 Å². The van der Waals surface area contributed by atoms with Crippen LogP contribution in [0.1, 0.15) is 51.0 Å². The van der Waals surface area contributed by atoms with Crippen molar-refractivity contribution in [2.75, 3.05) is 18.9 Å². The van der Waals surface area contributed by atoms with Crippen LogP contribution in [0.5, 0.6) is 0 Å². The van der Waals surface area contributed by atoms with Gasteiger partial charge in [-0.2, -0.15) is 0 Å². The molecular formula is C16H28N2O2S. The third-order valence-corrected chi connectivity index (χ3v) is 5.16. The Balaban J connectivity index is 2.48. The maximum Gasteiger partial charge on any atom is 0.240 e. The van der Waals surface area contributed by atoms with Crippen LogP contribution in [0.15, 0.2) is 23.1 Å². The standard InChI is InChI=1S/C16H28N2O2S/c1-4-5-6-7-8-9-12-18-15-11-10-14(2)16(13-15)21(19,20)17-3/h10-11,13,17-18H,4-9,12H2,1-3H3. The first-order valence-electron chi connectivity index (χ1n) is 7.79. The van der Waals surface area contributed by atoms with Gasteiger partial charge in [0.1, 0.15) is 0 Å². The number of hydrogen-bond donors (Lipinski definition) is 2. The summed E-state index contributed by atoms with van der Waals surface area (Å²) in [6, 6.07) is 5.48. The van der Waals surface area contributed by atoms with E-state index in [0.717, 1.165) is 24.2 Å². The Morgan fingerprint density at radius 1 is 1.05 bits per heavy atom. The molecule has 0 aliphatic rings. The molecule has 0 unspecified atom stereocenters. The van der Waals surface area contributed by atoms with Crippen LogP contribution in [0.3, 0.4) is 0 Å². The van der Waals surface area contributed by atoms with E-state index in [1.807, 2.05) is 19.1 Å². The summed E-state index contributed by atoms with van der Waals surface area (Å²) in [6.45, 7) is 4.91. The molecule has 2 N–H and O–H groups in total. The molecule has 0 amide bonds. The fraction of sp³-hybridized carbons (Fsp3) is 0.625. The minimum Gasteiger partial charge on any atom is -0.385 e. The third-order valence-electron chi connectivity index (χ3n) is 3.61. The van der Waals surface area contributed by atoms with Crippen molar-refractivity contribution in [1.82, 2.24) is 4.72 Å². The zero-order valence-corrected chi connectivity index (χ0v) is 14.2. The number of sulfonamides is 1. The third kappa shape index (κ3) is 6.06. The van der Waals surface area contributed by atoms with Gasteiger partial charge in [-0.1, -0.05) is 45.1 Å². The molecular weight excluding hydrogens is 284 g/mol. The van der Waals surface area contributed by atoms with E-state index in [2.05, 4.69) is 17.0 Å². The van der Waals surface area contributed by atoms with E-state index < -0.39 is 10.0 Å². The zero-order chi connectivity index (χ0) is 15.7. The van der Waals surface area contributed by atoms with Crippen molar-refractivity contribution in [3.63, 3.8) is 0 Å². The fourth-order valence-electron chi connectivity index (χ4n) is 2.25. The number of benzene rings is 1. The molecule has 120 valence electrons. The Bertz CT molecular complexity index is 527. The van der Waals surface area contributed by atoms with Gasteiger partial charge in [-0.05, 0) is 38.1 Å². The van der Waals surface area contributed by atoms with Crippen LogP contribution in [-0.4, -0.2) is 22.0 Å². The lowest BCUT2D eigenvalue weighted by atomic mass is 10.1. The lowest BCUT2D eigenvalue weighted by Gasteiger charge is -2.11. The summed E-state index contributed by atoms with van der Waals surface area (Å²) >= 11 is 0. The Kier molecular flexibility index (Phi) is 7.75. The lowest BCUT2D eigenvalue weighted by Crippen LogP contribution is -2.19. The average Bonchev–Trinajstić information content (AvgIpc) is 2.47. The van der Waals surface area contributed by atoms with Gasteiger partial charge in [0.15, 0.2) is 0 Å². The lowest BCUT2D eigenvalue weighted by molar-refractivity contribution is 0.587. The topological polar surface area (TPSA) is 58.2 Å². The zero-order valence-electron chi connectivity index (χ0n) is 13.4. The molecule has 0 aliphatic carbocycles. The Morgan fingerprint density at radius 2 is 1.71 bits per heavy atom. The Labute approximate surface area is 129 Å². The molecule has 1 aromatic rings. The van der Waals surface area contributed by atoms with Crippen molar-refractivity contribution in [3.8, 4) is 0 Å². The summed E-state index contributed by atoms with van der Waals surface area (Å²) in [7, 11) is -1.95. The second-order valence-corrected chi connectivity index (χ2v) is 7.24. The van der Waals surface area contributed by atoms with E-state index in [0.29, 0.717) is 4.90 Å². The highest BCUT2D eigenvalue weighted by Crippen LogP contribution is 2.20. The molecule has 5 heteroatoms. The largest absolute Gasteiger partial charge is 0.385 e. The van der Waals surface area contributed by atoms with Crippen molar-refractivity contribution in [1.29, 1.82) is 0 Å². The van der Waals surface area contributed by atoms with Crippen LogP contribution in [0.2, 0.25) is 0 Å². The molecule has 4 nitrogen and oxygen atoms in total. The van der Waals surface area contributed by atoms with Gasteiger partial charge in [0, 0.05) is 12.2 Å². The smallest absolute Gasteiger partial charge is 0.240 e. The van der Waals surface area contributed by atoms with E-state index in [4.69, 9.17) is 0 Å². The number of nitrogens with one attached hydrogen (secondary N) is 2. The highest BCUT2D eigenvalue weighted by atomic mass is 32.2. The van der Waals surface area contributed by atoms with Crippen molar-refractivity contribution >= 4 is 15.7 Å². The molecule has 0 spiro atoms. The van der Waals surface area contributed by atoms with Gasteiger partial charge in [0.25, 0.3) is 0 Å². The van der Waals surface area contributed by atoms with Crippen LogP contribution in [0, 0.1) is 6.92 Å². The quantitative estimate of drug-likeness (QED) is 0.648. The molecule has 0 aliphatic heterocycles. The second kappa shape index (κ2) is 9.05. The monoisotopic (exact) mass is 312 g/mol. The van der Waals surface area contributed by atoms with E-state index in [9.17, 15) is 8.42 Å². The SMILES string of the molecule is CCCCCCCCNc1ccc(C)c(S(=O)(=O)NC)c1. The number of aryl methyl sites for hydroxylation is 1. The second-order valence-electron chi connectivity index (χ2n) is 5.38. The van der Waals surface area contributed by atoms with Gasteiger partial charge in [-0.3, -0.25) is 0 Å². The molecule has 0 aromatic heterocycles. The van der Waals surface area contributed by atoms with Crippen LogP contribution < -0.4 is 10.0 Å². The molecule has 0 saturated carbocycles. The number of rotatable bonds is 10. The summed E-state index contributed by atoms with van der Waals surface area (Å²) in [5, 5.41) is 3.31. The summed E-state index contributed by atoms with van der Waals surface area (Å²) in [6.07, 6.45) is 7.52. The van der Waals surface area contributed by atoms with Crippen LogP contribution in [0.4, 0.5) is 5.69 Å². The van der Waals surface area contributed by atoms with Crippen molar-refractivity contribution in [2.24, 2.45) is 0 Å². The summed E-state index contributed by atoms with van der Waals surface area (Å²) < 4.78 is 26.2. The van der Waals surface area contributed by atoms with Gasteiger partial charge in [0.05, 0.1) is 4.90 Å². The molecule has 0 atom stereocenters. The predicted octanol–water partition coefficient (Wildman–Crippen LogP) is 3.68. The summed E-state index contributed by atoms with van der Waals surface area (Å²) in [5.74, 6) is 0. The van der Waals surface area contributed by atoms with E-state index >= 15 is 0 Å². The van der Waals surface area contributed by atoms with Crippen LogP contribution in [0.25, 0.3) is 0 Å². The molecule has 1 aromatic carbocycles. The molecule has 0 radical (unpaired) electrons. The Hall–Kier alpha value is -1.07. The first-order chi connectivity index (χ1) is 10.0. The molecule has 0 bridgehead atoms. The molecule has 0 fully saturated rings. The van der Waals surface area contributed by atoms with E-state index in [1.165, 1.54) is 39.2 Å². The minimum atomic E-state index is -3.39. The maximum absolute atomic E-state index is 11.9. The molecule has 0 heterocycles. The van der Waals surface area contributed by atoms with Crippen LogP contribution >= 0.6 is 0 Å². The number of unbranched alkanes of at least 4 members (excludes halogenated alkanes) is 5. The fourth-order valence-corrected chi connectivity index (χ4v) is 3.24. The minimum absolute atomic E-state index is 0.345. The maximum atomic E-state index is 11.9. The number of anilines is 1. The average molecular weight is 312 g/mol. The normalized spacial score (nSPS) is 11.6. The van der Waals surface area contributed by atoms with Gasteiger partial charge in [0.2, 0.25) is 10.0 Å². The van der Waals surface area contributed by atoms with Crippen LogP contribution in [-0.2, 0) is 10.0 Å². The van der Waals surface area contributed by atoms with Gasteiger partial charge < -0.3 is 5.32 Å². The van der Waals surface area contributed by atoms with Gasteiger partial charge in [-0.15, -0.1) is 0 Å². The van der Waals surface area contributed by atoms with Crippen molar-refractivity contribution in [3.05, 3.63) is 23.8 Å². The predicted molar refractivity (Wildman–Crippen MR) is 89.3 cm³/mol. The highest BCUT2D eigenvalue weighted by Gasteiger charge is 2.14. The van der Waals surface area contributed by atoms with E-state index in [-0.39, 0.29) is 0 Å². The molecule has 1 rings (SSSR count). The first kappa shape index (κ1) is 18.0. The Morgan fingerprint density at radius 3 is 2.38 bits per heavy atom. The summed E-state index contributed by atoms with van der Waals surface area (Å²) in [4.78, 5) is 0.345. The van der Waals surface area contributed by atoms with Gasteiger partial charge >= 0.3 is 0 Å². The van der Waals surface area contributed by atoms with Crippen molar-refractivity contribution < 1.29 is 8.42 Å². The first-order valence-corrected chi connectivity index (χ1v) is 9.27. The molecule has 0 saturated heterocycles. The van der Waals surface area contributed by atoms with E-state index in [1.54, 1.807) is 6.07 Å². The van der Waals surface area contributed by atoms with Crippen molar-refractivity contribution in [2.45, 2.75) is 57.3 Å². The number of hydrogen-bond acceptors (Lipinski definition) is 3.